The molecule has 0 aliphatic heterocycles. The quantitative estimate of drug-likeness (QED) is 0.486. The fourth-order valence-electron chi connectivity index (χ4n) is 2.33. The van der Waals surface area contributed by atoms with Crippen LogP contribution in [0.2, 0.25) is 0 Å². The molecule has 0 heteroatoms. The van der Waals surface area contributed by atoms with E-state index in [0.29, 0.717) is 0 Å². The van der Waals surface area contributed by atoms with E-state index in [-0.39, 0.29) is 0 Å². The van der Waals surface area contributed by atoms with E-state index in [1.807, 2.05) is 0 Å². The lowest BCUT2D eigenvalue weighted by atomic mass is 10.0. The van der Waals surface area contributed by atoms with Crippen molar-refractivity contribution in [1.82, 2.24) is 0 Å². The summed E-state index contributed by atoms with van der Waals surface area (Å²) in [7, 11) is 0. The largest absolute Gasteiger partial charge is 0.0651 e. The first-order valence-electron chi connectivity index (χ1n) is 3.92. The minimum Gasteiger partial charge on any atom is -0.0651 e. The molecule has 0 nitrogen and oxygen atoms in total. The summed E-state index contributed by atoms with van der Waals surface area (Å²) < 4.78 is 0. The summed E-state index contributed by atoms with van der Waals surface area (Å²) in [6, 6.07) is 0. The van der Waals surface area contributed by atoms with Crippen molar-refractivity contribution in [3.8, 4) is 0 Å². The summed E-state index contributed by atoms with van der Waals surface area (Å²) in [6.45, 7) is 2.34. The first-order valence-corrected chi connectivity index (χ1v) is 3.92. The van der Waals surface area contributed by atoms with E-state index in [4.69, 9.17) is 0 Å². The summed E-state index contributed by atoms with van der Waals surface area (Å²) >= 11 is 0. The molecule has 0 N–H and O–H groups in total. The van der Waals surface area contributed by atoms with Gasteiger partial charge in [-0.3, -0.25) is 0 Å². The second kappa shape index (κ2) is 1.49. The molecule has 0 saturated heterocycles. The third-order valence-electron chi connectivity index (χ3n) is 3.02. The van der Waals surface area contributed by atoms with Crippen molar-refractivity contribution in [3.63, 3.8) is 0 Å². The zero-order valence-corrected chi connectivity index (χ0v) is 5.56. The Labute approximate surface area is 51.3 Å². The van der Waals surface area contributed by atoms with Gasteiger partial charge in [0.2, 0.25) is 0 Å². The lowest BCUT2D eigenvalue weighted by Crippen LogP contribution is -1.94. The van der Waals surface area contributed by atoms with Crippen LogP contribution in [0.5, 0.6) is 0 Å². The summed E-state index contributed by atoms with van der Waals surface area (Å²) in [5.74, 6) is 3.53. The van der Waals surface area contributed by atoms with Crippen molar-refractivity contribution in [2.45, 2.75) is 32.6 Å². The van der Waals surface area contributed by atoms with E-state index in [1.54, 1.807) is 19.3 Å². The van der Waals surface area contributed by atoms with E-state index < -0.39 is 0 Å². The predicted octanol–water partition coefficient (Wildman–Crippen LogP) is 2.44. The van der Waals surface area contributed by atoms with Crippen LogP contribution in [0.1, 0.15) is 32.6 Å². The van der Waals surface area contributed by atoms with Gasteiger partial charge in [-0.2, -0.15) is 0 Å². The topological polar surface area (TPSA) is 0 Å². The molecule has 2 aliphatic carbocycles. The Morgan fingerprint density at radius 3 is 2.50 bits per heavy atom. The van der Waals surface area contributed by atoms with Crippen LogP contribution in [0.25, 0.3) is 0 Å². The molecule has 46 valence electrons. The molecule has 2 aliphatic rings. The molecule has 0 radical (unpaired) electrons. The van der Waals surface area contributed by atoms with E-state index >= 15 is 0 Å². The summed E-state index contributed by atoms with van der Waals surface area (Å²) in [5.41, 5.74) is 0. The minimum absolute atomic E-state index is 1.14. The van der Waals surface area contributed by atoms with Gasteiger partial charge in [-0.1, -0.05) is 13.3 Å². The van der Waals surface area contributed by atoms with Crippen molar-refractivity contribution in [3.05, 3.63) is 0 Å². The van der Waals surface area contributed by atoms with Crippen LogP contribution < -0.4 is 0 Å². The predicted molar refractivity (Wildman–Crippen MR) is 34.6 cm³/mol. The van der Waals surface area contributed by atoms with Crippen molar-refractivity contribution < 1.29 is 0 Å². The molecule has 8 heavy (non-hydrogen) atoms. The molecule has 0 bridgehead atoms. The molecular formula is C8H14. The summed E-state index contributed by atoms with van der Waals surface area (Å²) in [6.07, 6.45) is 6.13. The fourth-order valence-corrected chi connectivity index (χ4v) is 2.33. The molecule has 0 heterocycles. The maximum absolute atomic E-state index is 2.34. The molecule has 0 aromatic heterocycles. The van der Waals surface area contributed by atoms with Crippen LogP contribution in [0.15, 0.2) is 0 Å². The van der Waals surface area contributed by atoms with Crippen LogP contribution >= 0.6 is 0 Å². The molecule has 2 unspecified atom stereocenters. The first-order chi connectivity index (χ1) is 3.92. The maximum atomic E-state index is 2.34. The normalized spacial score (nSPS) is 51.4. The lowest BCUT2D eigenvalue weighted by molar-refractivity contribution is 0.465. The van der Waals surface area contributed by atoms with Crippen LogP contribution in [-0.4, -0.2) is 0 Å². The number of hydrogen-bond acceptors (Lipinski definition) is 0. The van der Waals surface area contributed by atoms with Crippen molar-refractivity contribution in [2.75, 3.05) is 0 Å². The Morgan fingerprint density at radius 2 is 2.25 bits per heavy atom. The van der Waals surface area contributed by atoms with Gasteiger partial charge in [0.25, 0.3) is 0 Å². The van der Waals surface area contributed by atoms with Gasteiger partial charge in [0.05, 0.1) is 0 Å². The number of rotatable bonds is 1. The van der Waals surface area contributed by atoms with Crippen LogP contribution in [0.4, 0.5) is 0 Å². The highest BCUT2D eigenvalue weighted by molar-refractivity contribution is 4.96. The van der Waals surface area contributed by atoms with E-state index in [0.717, 1.165) is 5.92 Å². The van der Waals surface area contributed by atoms with E-state index in [2.05, 4.69) is 6.92 Å². The Bertz CT molecular complexity index is 96.2. The van der Waals surface area contributed by atoms with Crippen LogP contribution in [-0.2, 0) is 0 Å². The highest BCUT2D eigenvalue weighted by atomic mass is 14.5. The van der Waals surface area contributed by atoms with E-state index in [1.165, 1.54) is 18.3 Å². The summed E-state index contributed by atoms with van der Waals surface area (Å²) in [4.78, 5) is 0. The smallest absolute Gasteiger partial charge is 0.0355 e. The van der Waals surface area contributed by atoms with Crippen LogP contribution in [0.3, 0.4) is 0 Å². The van der Waals surface area contributed by atoms with Gasteiger partial charge in [0.15, 0.2) is 0 Å². The van der Waals surface area contributed by atoms with Gasteiger partial charge in [-0.15, -0.1) is 0 Å². The van der Waals surface area contributed by atoms with Gasteiger partial charge in [-0.05, 0) is 37.0 Å². The zero-order chi connectivity index (χ0) is 5.56. The molecule has 0 spiro atoms. The minimum atomic E-state index is 1.14. The number of hydrogen-bond donors (Lipinski definition) is 0. The highest BCUT2D eigenvalue weighted by Crippen LogP contribution is 2.56. The Kier molecular flexibility index (Phi) is 0.902. The highest BCUT2D eigenvalue weighted by Gasteiger charge is 2.46. The summed E-state index contributed by atoms with van der Waals surface area (Å²) in [5, 5.41) is 0. The molecule has 3 atom stereocenters. The standard InChI is InChI=1S/C8H14/c1-2-6-3-4-7-5-8(6)7/h6-8H,2-5H2,1H3/t6?,7-,8?/m0/s1. The van der Waals surface area contributed by atoms with Gasteiger partial charge in [0.1, 0.15) is 0 Å². The van der Waals surface area contributed by atoms with Crippen LogP contribution in [0, 0.1) is 17.8 Å². The average molecular weight is 110 g/mol. The molecule has 2 rings (SSSR count). The van der Waals surface area contributed by atoms with Crippen molar-refractivity contribution in [2.24, 2.45) is 17.8 Å². The Hall–Kier alpha value is 0. The second-order valence-electron chi connectivity index (χ2n) is 3.41. The van der Waals surface area contributed by atoms with E-state index in [9.17, 15) is 0 Å². The van der Waals surface area contributed by atoms with Crippen molar-refractivity contribution >= 4 is 0 Å². The van der Waals surface area contributed by atoms with Gasteiger partial charge < -0.3 is 0 Å². The SMILES string of the molecule is CCC1CC[C@H]2CC12. The Balaban J connectivity index is 1.97. The zero-order valence-electron chi connectivity index (χ0n) is 5.56. The van der Waals surface area contributed by atoms with Crippen molar-refractivity contribution in [1.29, 1.82) is 0 Å². The maximum Gasteiger partial charge on any atom is -0.0355 e. The average Bonchev–Trinajstić information content (AvgIpc) is 2.46. The van der Waals surface area contributed by atoms with Gasteiger partial charge >= 0.3 is 0 Å². The lowest BCUT2D eigenvalue weighted by Gasteiger charge is -2.04. The molecular weight excluding hydrogens is 96.1 g/mol. The Morgan fingerprint density at radius 1 is 1.38 bits per heavy atom. The molecule has 0 amide bonds. The fraction of sp³-hybridized carbons (Fsp3) is 1.00. The van der Waals surface area contributed by atoms with Gasteiger partial charge in [0, 0.05) is 0 Å². The third kappa shape index (κ3) is 0.519. The molecule has 0 aromatic rings. The third-order valence-corrected chi connectivity index (χ3v) is 3.02. The van der Waals surface area contributed by atoms with Gasteiger partial charge in [-0.25, -0.2) is 0 Å². The second-order valence-corrected chi connectivity index (χ2v) is 3.41. The monoisotopic (exact) mass is 110 g/mol. The molecule has 2 fully saturated rings. The number of fused-ring (bicyclic) bond motifs is 1. The molecule has 0 aromatic carbocycles. The molecule has 2 saturated carbocycles. The first kappa shape index (κ1) is 4.84.